The molecule has 266 valence electrons. The Hall–Kier alpha value is -6.06. The molecular formula is C34H44N10O6. The number of benzene rings is 2. The fourth-order valence-electron chi connectivity index (χ4n) is 5.27. The van der Waals surface area contributed by atoms with Gasteiger partial charge in [0, 0.05) is 24.2 Å². The van der Waals surface area contributed by atoms with Crippen LogP contribution in [-0.2, 0) is 32.2 Å². The molecule has 0 unspecified atom stereocenters. The van der Waals surface area contributed by atoms with Crippen LogP contribution >= 0.6 is 0 Å². The number of alkyl carbamates (subject to hydrolysis) is 2. The summed E-state index contributed by atoms with van der Waals surface area (Å²) in [7, 11) is 2.48. The van der Waals surface area contributed by atoms with E-state index in [-0.39, 0.29) is 38.0 Å². The molecule has 0 spiro atoms. The number of carbonyl (C=O) groups is 4. The number of nitrogen functional groups attached to an aromatic ring is 2. The highest BCUT2D eigenvalue weighted by Crippen LogP contribution is 2.37. The van der Waals surface area contributed by atoms with E-state index in [1.807, 2.05) is 50.2 Å². The van der Waals surface area contributed by atoms with Crippen LogP contribution in [0.4, 0.5) is 21.0 Å². The van der Waals surface area contributed by atoms with Crippen LogP contribution in [0, 0.1) is 0 Å². The molecule has 2 aromatic heterocycles. The largest absolute Gasteiger partial charge is 0.453 e. The molecule has 4 rings (SSSR count). The molecule has 0 fully saturated rings. The van der Waals surface area contributed by atoms with Crippen LogP contribution in [0.2, 0.25) is 0 Å². The van der Waals surface area contributed by atoms with Gasteiger partial charge in [-0.1, -0.05) is 44.2 Å². The van der Waals surface area contributed by atoms with E-state index < -0.39 is 12.2 Å². The van der Waals surface area contributed by atoms with Crippen LogP contribution in [0.1, 0.15) is 38.3 Å². The van der Waals surface area contributed by atoms with Gasteiger partial charge >= 0.3 is 12.2 Å². The summed E-state index contributed by atoms with van der Waals surface area (Å²) in [5.41, 5.74) is 18.5. The number of methoxy groups -OCH3 is 2. The van der Waals surface area contributed by atoms with Crippen LogP contribution in [0.15, 0.2) is 48.8 Å². The van der Waals surface area contributed by atoms with Crippen LogP contribution in [0.3, 0.4) is 0 Å². The van der Waals surface area contributed by atoms with Gasteiger partial charge in [0.25, 0.3) is 0 Å². The fraction of sp³-hybridized carbons (Fsp3) is 0.353. The number of rotatable bonds is 15. The van der Waals surface area contributed by atoms with Crippen molar-refractivity contribution in [2.45, 2.75) is 39.8 Å². The van der Waals surface area contributed by atoms with Crippen molar-refractivity contribution in [1.29, 1.82) is 0 Å². The highest BCUT2D eigenvalue weighted by atomic mass is 16.5. The third kappa shape index (κ3) is 9.30. The number of amides is 4. The predicted molar refractivity (Wildman–Crippen MR) is 188 cm³/mol. The minimum absolute atomic E-state index is 0.168. The fourth-order valence-corrected chi connectivity index (χ4v) is 5.27. The van der Waals surface area contributed by atoms with Crippen LogP contribution in [0.25, 0.3) is 33.6 Å². The molecule has 0 bridgehead atoms. The van der Waals surface area contributed by atoms with Crippen LogP contribution < -0.4 is 22.1 Å². The summed E-state index contributed by atoms with van der Waals surface area (Å²) < 4.78 is 9.09. The highest BCUT2D eigenvalue weighted by molar-refractivity contribution is 5.93. The summed E-state index contributed by atoms with van der Waals surface area (Å²) in [6.07, 6.45) is 3.48. The standard InChI is InChI=1S/C34H44N10O6/c1-5-13-43(29(45)17-39-33(47)49-3)19-27-37-15-25(41-27)22-9-7-21(8-10-22)23-11-12-24(32(36)31(23)35)26-16-38-28(42-26)20-44(14-6-2)30(46)18-40-34(48)50-4/h7-12,15-16H,5-6,13-14,17-20,35-36H2,1-4H3,(H,37,41)(H,38,42)(H,39,47)(H,40,48). The number of nitrogens with one attached hydrogen (secondary N) is 4. The Labute approximate surface area is 289 Å². The van der Waals surface area contributed by atoms with Gasteiger partial charge in [-0.05, 0) is 30.0 Å². The first-order chi connectivity index (χ1) is 24.1. The molecule has 0 radical (unpaired) electrons. The molecule has 2 heterocycles. The highest BCUT2D eigenvalue weighted by Gasteiger charge is 2.19. The molecule has 16 nitrogen and oxygen atoms in total. The Bertz CT molecular complexity index is 1790. The predicted octanol–water partition coefficient (Wildman–Crippen LogP) is 3.49. The zero-order valence-corrected chi connectivity index (χ0v) is 28.7. The van der Waals surface area contributed by atoms with Crippen LogP contribution in [0.5, 0.6) is 0 Å². The third-order valence-electron chi connectivity index (χ3n) is 7.85. The lowest BCUT2D eigenvalue weighted by molar-refractivity contribution is -0.131. The van der Waals surface area contributed by atoms with Crippen molar-refractivity contribution in [2.75, 3.05) is 51.9 Å². The van der Waals surface area contributed by atoms with E-state index in [4.69, 9.17) is 11.5 Å². The van der Waals surface area contributed by atoms with E-state index in [9.17, 15) is 19.2 Å². The van der Waals surface area contributed by atoms with Gasteiger partial charge in [-0.15, -0.1) is 0 Å². The quantitative estimate of drug-likeness (QED) is 0.0997. The Morgan fingerprint density at radius 1 is 0.680 bits per heavy atom. The number of nitrogens with zero attached hydrogens (tertiary/aromatic N) is 4. The van der Waals surface area contributed by atoms with Crippen molar-refractivity contribution in [3.8, 4) is 33.6 Å². The second-order valence-corrected chi connectivity index (χ2v) is 11.4. The molecule has 0 aliphatic rings. The average Bonchev–Trinajstić information content (AvgIpc) is 3.80. The number of nitrogens with two attached hydrogens (primary N) is 2. The number of imidazole rings is 2. The number of aromatic nitrogens is 4. The number of H-pyrrole nitrogens is 2. The summed E-state index contributed by atoms with van der Waals surface area (Å²) in [6, 6.07) is 11.5. The maximum atomic E-state index is 12.7. The third-order valence-corrected chi connectivity index (χ3v) is 7.85. The van der Waals surface area contributed by atoms with Gasteiger partial charge in [-0.25, -0.2) is 19.6 Å². The maximum absolute atomic E-state index is 12.7. The van der Waals surface area contributed by atoms with Gasteiger partial charge in [0.2, 0.25) is 11.8 Å². The van der Waals surface area contributed by atoms with Gasteiger partial charge in [0.05, 0.1) is 62.5 Å². The average molecular weight is 689 g/mol. The lowest BCUT2D eigenvalue weighted by Gasteiger charge is -2.21. The molecule has 50 heavy (non-hydrogen) atoms. The zero-order chi connectivity index (χ0) is 36.2. The number of hydrogen-bond donors (Lipinski definition) is 6. The normalized spacial score (nSPS) is 10.7. The van der Waals surface area contributed by atoms with Gasteiger partial charge in [-0.2, -0.15) is 0 Å². The van der Waals surface area contributed by atoms with Gasteiger partial charge in [0.1, 0.15) is 24.7 Å². The van der Waals surface area contributed by atoms with Gasteiger partial charge in [-0.3, -0.25) is 9.59 Å². The summed E-state index contributed by atoms with van der Waals surface area (Å²) in [6.45, 7) is 5.04. The molecule has 16 heteroatoms. The summed E-state index contributed by atoms with van der Waals surface area (Å²) in [5.74, 6) is 0.657. The van der Waals surface area contributed by atoms with Crippen molar-refractivity contribution < 1.29 is 28.7 Å². The van der Waals surface area contributed by atoms with Crippen molar-refractivity contribution in [1.82, 2.24) is 40.4 Å². The molecule has 4 amide bonds. The molecule has 4 aromatic rings. The van der Waals surface area contributed by atoms with Crippen molar-refractivity contribution in [3.63, 3.8) is 0 Å². The van der Waals surface area contributed by atoms with Crippen LogP contribution in [-0.4, -0.2) is 94.1 Å². The molecule has 0 saturated heterocycles. The second kappa shape index (κ2) is 17.4. The SMILES string of the molecule is CCCN(Cc1ncc(-c2ccc(-c3ccc(-c4cnc(CN(CCC)C(=O)CNC(=O)OC)[nH]4)c(N)c3N)cc2)[nH]1)C(=O)CNC(=O)OC. The van der Waals surface area contributed by atoms with E-state index in [0.29, 0.717) is 47.4 Å². The maximum Gasteiger partial charge on any atom is 0.407 e. The molecule has 8 N–H and O–H groups in total. The molecule has 2 aromatic carbocycles. The Morgan fingerprint density at radius 3 is 1.62 bits per heavy atom. The molecular weight excluding hydrogens is 644 g/mol. The summed E-state index contributed by atoms with van der Waals surface area (Å²) in [4.78, 5) is 66.8. The summed E-state index contributed by atoms with van der Waals surface area (Å²) in [5, 5.41) is 4.83. The van der Waals surface area contributed by atoms with Crippen molar-refractivity contribution in [3.05, 3.63) is 60.4 Å². The van der Waals surface area contributed by atoms with Crippen molar-refractivity contribution >= 4 is 35.4 Å². The first-order valence-electron chi connectivity index (χ1n) is 16.1. The molecule has 0 aliphatic carbocycles. The molecule has 0 aliphatic heterocycles. The number of aromatic amines is 2. The topological polar surface area (TPSA) is 227 Å². The molecule has 0 atom stereocenters. The smallest absolute Gasteiger partial charge is 0.407 e. The van der Waals surface area contributed by atoms with E-state index in [1.54, 1.807) is 22.2 Å². The monoisotopic (exact) mass is 688 g/mol. The number of ether oxygens (including phenoxy) is 2. The zero-order valence-electron chi connectivity index (χ0n) is 28.7. The first-order valence-corrected chi connectivity index (χ1v) is 16.1. The lowest BCUT2D eigenvalue weighted by atomic mass is 9.97. The minimum Gasteiger partial charge on any atom is -0.453 e. The number of anilines is 2. The number of carbonyl (C=O) groups excluding carboxylic acids is 4. The van der Waals surface area contributed by atoms with Crippen molar-refractivity contribution in [2.24, 2.45) is 0 Å². The van der Waals surface area contributed by atoms with E-state index >= 15 is 0 Å². The Kier molecular flexibility index (Phi) is 12.8. The van der Waals surface area contributed by atoms with E-state index in [2.05, 4.69) is 40.0 Å². The van der Waals surface area contributed by atoms with Gasteiger partial charge < -0.3 is 51.3 Å². The second-order valence-electron chi connectivity index (χ2n) is 11.4. The lowest BCUT2D eigenvalue weighted by Crippen LogP contribution is -2.40. The number of hydrogen-bond acceptors (Lipinski definition) is 10. The minimum atomic E-state index is -0.677. The summed E-state index contributed by atoms with van der Waals surface area (Å²) >= 11 is 0. The Morgan fingerprint density at radius 2 is 1.12 bits per heavy atom. The van der Waals surface area contributed by atoms with Gasteiger partial charge in [0.15, 0.2) is 0 Å². The van der Waals surface area contributed by atoms with E-state index in [0.717, 1.165) is 35.2 Å². The Balaban J connectivity index is 1.44. The molecule has 0 saturated carbocycles. The van der Waals surface area contributed by atoms with E-state index in [1.165, 1.54) is 14.2 Å². The first kappa shape index (κ1) is 36.8.